The van der Waals surface area contributed by atoms with Crippen LogP contribution in [0.2, 0.25) is 5.02 Å². The van der Waals surface area contributed by atoms with Crippen molar-refractivity contribution in [2.24, 2.45) is 0 Å². The van der Waals surface area contributed by atoms with E-state index in [0.29, 0.717) is 0 Å². The van der Waals surface area contributed by atoms with Crippen LogP contribution in [0.1, 0.15) is 24.3 Å². The van der Waals surface area contributed by atoms with E-state index < -0.39 is 0 Å². The average molecular weight is 389 g/mol. The van der Waals surface area contributed by atoms with Crippen molar-refractivity contribution in [2.45, 2.75) is 27.3 Å². The summed E-state index contributed by atoms with van der Waals surface area (Å²) in [6.07, 6.45) is 1.94. The van der Waals surface area contributed by atoms with E-state index in [1.54, 1.807) is 11.3 Å². The first-order valence-corrected chi connectivity index (χ1v) is 8.93. The molecule has 0 radical (unpaired) electrons. The summed E-state index contributed by atoms with van der Waals surface area (Å²) in [5, 5.41) is 5.26. The highest BCUT2D eigenvalue weighted by molar-refractivity contribution is 9.10. The van der Waals surface area contributed by atoms with Gasteiger partial charge in [0.05, 0.1) is 12.2 Å². The van der Waals surface area contributed by atoms with Crippen LogP contribution in [-0.2, 0) is 6.54 Å². The summed E-state index contributed by atoms with van der Waals surface area (Å²) in [7, 11) is 0. The number of hydrogen-bond donors (Lipinski definition) is 1. The Morgan fingerprint density at radius 3 is 2.71 bits per heavy atom. The Labute approximate surface area is 143 Å². The van der Waals surface area contributed by atoms with E-state index in [-0.39, 0.29) is 0 Å². The molecule has 1 N–H and O–H groups in total. The molecule has 2 rings (SSSR count). The second-order valence-electron chi connectivity index (χ2n) is 4.72. The molecule has 1 heterocycles. The van der Waals surface area contributed by atoms with E-state index in [4.69, 9.17) is 11.6 Å². The normalized spacial score (nSPS) is 10.7. The lowest BCUT2D eigenvalue weighted by atomic mass is 10.2. The van der Waals surface area contributed by atoms with E-state index in [2.05, 4.69) is 45.0 Å². The van der Waals surface area contributed by atoms with Gasteiger partial charge in [-0.15, -0.1) is 11.3 Å². The van der Waals surface area contributed by atoms with Gasteiger partial charge < -0.3 is 10.2 Å². The zero-order valence-corrected chi connectivity index (χ0v) is 15.6. The second kappa shape index (κ2) is 7.47. The zero-order chi connectivity index (χ0) is 15.4. The van der Waals surface area contributed by atoms with Gasteiger partial charge in [0.1, 0.15) is 0 Å². The van der Waals surface area contributed by atoms with Gasteiger partial charge in [-0.1, -0.05) is 11.6 Å². The fourth-order valence-electron chi connectivity index (χ4n) is 1.98. The first-order valence-electron chi connectivity index (χ1n) is 6.94. The molecule has 0 spiro atoms. The molecule has 0 fully saturated rings. The molecular weight excluding hydrogens is 370 g/mol. The number of aryl methyl sites for hydroxylation is 1. The molecule has 0 aliphatic carbocycles. The lowest BCUT2D eigenvalue weighted by molar-refractivity contribution is 0.860. The molecule has 114 valence electrons. The smallest absolute Gasteiger partial charge is 0.185 e. The number of thiazole rings is 1. The molecule has 0 saturated heterocycles. The number of rotatable bonds is 6. The van der Waals surface area contributed by atoms with E-state index in [1.165, 1.54) is 4.88 Å². The van der Waals surface area contributed by atoms with Crippen LogP contribution in [0.5, 0.6) is 0 Å². The molecule has 0 aliphatic rings. The van der Waals surface area contributed by atoms with Crippen LogP contribution in [0.3, 0.4) is 0 Å². The predicted octanol–water partition coefficient (Wildman–Crippen LogP) is 5.33. The Hall–Kier alpha value is -0.780. The first-order chi connectivity index (χ1) is 10.0. The van der Waals surface area contributed by atoms with Crippen molar-refractivity contribution in [3.05, 3.63) is 38.3 Å². The molecule has 0 amide bonds. The maximum Gasteiger partial charge on any atom is 0.185 e. The van der Waals surface area contributed by atoms with Crippen molar-refractivity contribution >= 4 is 49.7 Å². The third-order valence-corrected chi connectivity index (χ3v) is 5.40. The van der Waals surface area contributed by atoms with Crippen molar-refractivity contribution in [1.29, 1.82) is 0 Å². The molecule has 0 aliphatic heterocycles. The summed E-state index contributed by atoms with van der Waals surface area (Å²) in [5.41, 5.74) is 2.07. The molecule has 0 unspecified atom stereocenters. The van der Waals surface area contributed by atoms with Gasteiger partial charge in [-0.25, -0.2) is 4.98 Å². The second-order valence-corrected chi connectivity index (χ2v) is 7.07. The van der Waals surface area contributed by atoms with Crippen molar-refractivity contribution in [1.82, 2.24) is 4.98 Å². The first kappa shape index (κ1) is 16.6. The van der Waals surface area contributed by atoms with Crippen LogP contribution >= 0.6 is 38.9 Å². The van der Waals surface area contributed by atoms with Crippen LogP contribution in [0.25, 0.3) is 0 Å². The van der Waals surface area contributed by atoms with E-state index in [1.807, 2.05) is 25.3 Å². The Kier molecular flexibility index (Phi) is 5.90. The molecule has 0 saturated carbocycles. The lowest BCUT2D eigenvalue weighted by Gasteiger charge is -2.16. The van der Waals surface area contributed by atoms with E-state index >= 15 is 0 Å². The minimum absolute atomic E-state index is 0.747. The summed E-state index contributed by atoms with van der Waals surface area (Å²) < 4.78 is 1.03. The number of benzene rings is 1. The number of aromatic nitrogens is 1. The zero-order valence-electron chi connectivity index (χ0n) is 12.4. The number of anilines is 2. The Morgan fingerprint density at radius 1 is 1.33 bits per heavy atom. The molecule has 0 atom stereocenters. The highest BCUT2D eigenvalue weighted by Gasteiger charge is 2.09. The summed E-state index contributed by atoms with van der Waals surface area (Å²) in [6.45, 7) is 9.00. The van der Waals surface area contributed by atoms with E-state index in [9.17, 15) is 0 Å². The minimum atomic E-state index is 0.747. The summed E-state index contributed by atoms with van der Waals surface area (Å²) in [6, 6.07) is 3.98. The van der Waals surface area contributed by atoms with E-state index in [0.717, 1.165) is 45.5 Å². The molecule has 21 heavy (non-hydrogen) atoms. The van der Waals surface area contributed by atoms with Crippen molar-refractivity contribution < 1.29 is 0 Å². The lowest BCUT2D eigenvalue weighted by Crippen LogP contribution is -2.21. The van der Waals surface area contributed by atoms with Gasteiger partial charge in [0.15, 0.2) is 5.13 Å². The quantitative estimate of drug-likeness (QED) is 0.725. The number of hydrogen-bond acceptors (Lipinski definition) is 4. The van der Waals surface area contributed by atoms with Crippen molar-refractivity contribution in [2.75, 3.05) is 23.3 Å². The van der Waals surface area contributed by atoms with Crippen LogP contribution in [0.15, 0.2) is 22.8 Å². The summed E-state index contributed by atoms with van der Waals surface area (Å²) >= 11 is 11.5. The average Bonchev–Trinajstić information content (AvgIpc) is 2.91. The van der Waals surface area contributed by atoms with Crippen molar-refractivity contribution in [3.8, 4) is 0 Å². The molecule has 6 heteroatoms. The van der Waals surface area contributed by atoms with Gasteiger partial charge in [-0.2, -0.15) is 0 Å². The van der Waals surface area contributed by atoms with Crippen LogP contribution in [-0.4, -0.2) is 18.1 Å². The summed E-state index contributed by atoms with van der Waals surface area (Å²) in [4.78, 5) is 7.96. The third-order valence-electron chi connectivity index (χ3n) is 3.28. The molecule has 0 bridgehead atoms. The standard InChI is InChI=1S/C15H19BrClN3S/c1-4-20(5-2)15-19-9-11(21-15)8-18-14-7-13(17)10(3)6-12(14)16/h6-7,9,18H,4-5,8H2,1-3H3. The van der Waals surface area contributed by atoms with Gasteiger partial charge in [0.2, 0.25) is 0 Å². The van der Waals surface area contributed by atoms with Gasteiger partial charge in [-0.05, 0) is 54.4 Å². The third kappa shape index (κ3) is 4.11. The maximum absolute atomic E-state index is 6.17. The van der Waals surface area contributed by atoms with Gasteiger partial charge >= 0.3 is 0 Å². The van der Waals surface area contributed by atoms with Crippen LogP contribution < -0.4 is 10.2 Å². The number of nitrogens with zero attached hydrogens (tertiary/aromatic N) is 2. The largest absolute Gasteiger partial charge is 0.379 e. The topological polar surface area (TPSA) is 28.2 Å². The summed E-state index contributed by atoms with van der Waals surface area (Å²) in [5.74, 6) is 0. The number of halogens is 2. The molecular formula is C15H19BrClN3S. The maximum atomic E-state index is 6.17. The Balaban J connectivity index is 2.05. The molecule has 1 aromatic heterocycles. The van der Waals surface area contributed by atoms with Gasteiger partial charge in [-0.3, -0.25) is 0 Å². The highest BCUT2D eigenvalue weighted by atomic mass is 79.9. The fraction of sp³-hybridized carbons (Fsp3) is 0.400. The Morgan fingerprint density at radius 2 is 2.05 bits per heavy atom. The Bertz CT molecular complexity index is 611. The monoisotopic (exact) mass is 387 g/mol. The molecule has 2 aromatic rings. The predicted molar refractivity (Wildman–Crippen MR) is 96.9 cm³/mol. The number of nitrogens with one attached hydrogen (secondary N) is 1. The van der Waals surface area contributed by atoms with Crippen molar-refractivity contribution in [3.63, 3.8) is 0 Å². The van der Waals surface area contributed by atoms with Crippen LogP contribution in [0, 0.1) is 6.92 Å². The van der Waals surface area contributed by atoms with Gasteiger partial charge in [0, 0.05) is 33.7 Å². The van der Waals surface area contributed by atoms with Crippen LogP contribution in [0.4, 0.5) is 10.8 Å². The SMILES string of the molecule is CCN(CC)c1ncc(CNc2cc(Cl)c(C)cc2Br)s1. The minimum Gasteiger partial charge on any atom is -0.379 e. The molecule has 1 aromatic carbocycles. The fourth-order valence-corrected chi connectivity index (χ4v) is 3.72. The highest BCUT2D eigenvalue weighted by Crippen LogP contribution is 2.30. The molecule has 3 nitrogen and oxygen atoms in total. The van der Waals surface area contributed by atoms with Gasteiger partial charge in [0.25, 0.3) is 0 Å².